The molecule has 4 nitrogen and oxygen atoms in total. The summed E-state index contributed by atoms with van der Waals surface area (Å²) in [5, 5.41) is 0.983. The number of fused-ring (bicyclic) bond motifs is 1. The first-order valence-electron chi connectivity index (χ1n) is 5.93. The van der Waals surface area contributed by atoms with Crippen molar-refractivity contribution in [2.75, 3.05) is 13.2 Å². The molecule has 0 fully saturated rings. The fraction of sp³-hybridized carbons (Fsp3) is 0.286. The Morgan fingerprint density at radius 3 is 2.94 bits per heavy atom. The maximum absolute atomic E-state index is 11.3. The van der Waals surface area contributed by atoms with Crippen LogP contribution in [0.3, 0.4) is 0 Å². The standard InChI is InChI=1S/C14H15NO3/c1-2-9-17-13(16)10-18-12-7-3-5-11-6-4-8-15-14(11)12/h3-8H,2,9-10H2,1H3. The summed E-state index contributed by atoms with van der Waals surface area (Å²) >= 11 is 0. The topological polar surface area (TPSA) is 48.4 Å². The van der Waals surface area contributed by atoms with Crippen LogP contribution >= 0.6 is 0 Å². The summed E-state index contributed by atoms with van der Waals surface area (Å²) in [6.07, 6.45) is 2.51. The van der Waals surface area contributed by atoms with Gasteiger partial charge in [-0.05, 0) is 18.6 Å². The van der Waals surface area contributed by atoms with Gasteiger partial charge < -0.3 is 9.47 Å². The average molecular weight is 245 g/mol. The molecule has 0 radical (unpaired) electrons. The van der Waals surface area contributed by atoms with Crippen LogP contribution in [0.5, 0.6) is 5.75 Å². The number of nitrogens with zero attached hydrogens (tertiary/aromatic N) is 1. The van der Waals surface area contributed by atoms with Gasteiger partial charge in [-0.1, -0.05) is 25.1 Å². The maximum Gasteiger partial charge on any atom is 0.344 e. The van der Waals surface area contributed by atoms with Crippen LogP contribution in [0.2, 0.25) is 0 Å². The molecule has 0 atom stereocenters. The number of para-hydroxylation sites is 1. The highest BCUT2D eigenvalue weighted by atomic mass is 16.6. The smallest absolute Gasteiger partial charge is 0.344 e. The van der Waals surface area contributed by atoms with Crippen molar-refractivity contribution in [1.82, 2.24) is 4.98 Å². The number of esters is 1. The number of carbonyl (C=O) groups is 1. The predicted molar refractivity (Wildman–Crippen MR) is 68.5 cm³/mol. The lowest BCUT2D eigenvalue weighted by Crippen LogP contribution is -2.15. The molecule has 2 rings (SSSR count). The van der Waals surface area contributed by atoms with E-state index < -0.39 is 0 Å². The van der Waals surface area contributed by atoms with E-state index in [9.17, 15) is 4.79 Å². The Kier molecular flexibility index (Phi) is 4.12. The van der Waals surface area contributed by atoms with E-state index in [4.69, 9.17) is 9.47 Å². The molecule has 0 N–H and O–H groups in total. The van der Waals surface area contributed by atoms with Gasteiger partial charge in [0.2, 0.25) is 0 Å². The molecule has 0 unspecified atom stereocenters. The highest BCUT2D eigenvalue weighted by Gasteiger charge is 2.06. The SMILES string of the molecule is CCCOC(=O)COc1cccc2cccnc12. The molecule has 0 aliphatic heterocycles. The van der Waals surface area contributed by atoms with E-state index >= 15 is 0 Å². The van der Waals surface area contributed by atoms with E-state index in [0.29, 0.717) is 12.4 Å². The minimum Gasteiger partial charge on any atom is -0.480 e. The molecular weight excluding hydrogens is 230 g/mol. The van der Waals surface area contributed by atoms with Crippen LogP contribution in [0.1, 0.15) is 13.3 Å². The molecule has 0 aliphatic carbocycles. The summed E-state index contributed by atoms with van der Waals surface area (Å²) in [5.74, 6) is 0.242. The summed E-state index contributed by atoms with van der Waals surface area (Å²) in [5.41, 5.74) is 0.753. The van der Waals surface area contributed by atoms with Gasteiger partial charge in [0, 0.05) is 11.6 Å². The molecule has 2 aromatic rings. The van der Waals surface area contributed by atoms with Gasteiger partial charge in [0.1, 0.15) is 11.3 Å². The minimum absolute atomic E-state index is 0.0876. The zero-order valence-corrected chi connectivity index (χ0v) is 10.3. The first-order chi connectivity index (χ1) is 8.81. The van der Waals surface area contributed by atoms with Crippen molar-refractivity contribution in [2.24, 2.45) is 0 Å². The van der Waals surface area contributed by atoms with Gasteiger partial charge in [0.25, 0.3) is 0 Å². The lowest BCUT2D eigenvalue weighted by Gasteiger charge is -2.08. The van der Waals surface area contributed by atoms with Gasteiger partial charge in [0.15, 0.2) is 6.61 Å². The Morgan fingerprint density at radius 1 is 1.28 bits per heavy atom. The second-order valence-electron chi connectivity index (χ2n) is 3.84. The van der Waals surface area contributed by atoms with Crippen molar-refractivity contribution in [2.45, 2.75) is 13.3 Å². The monoisotopic (exact) mass is 245 g/mol. The Bertz CT molecular complexity index is 534. The molecule has 0 spiro atoms. The predicted octanol–water partition coefficient (Wildman–Crippen LogP) is 2.57. The number of pyridine rings is 1. The quantitative estimate of drug-likeness (QED) is 0.759. The van der Waals surface area contributed by atoms with Crippen LogP contribution < -0.4 is 4.74 Å². The number of ether oxygens (including phenoxy) is 2. The van der Waals surface area contributed by atoms with E-state index in [1.54, 1.807) is 12.3 Å². The largest absolute Gasteiger partial charge is 0.480 e. The van der Waals surface area contributed by atoms with E-state index in [2.05, 4.69) is 4.98 Å². The normalized spacial score (nSPS) is 10.3. The van der Waals surface area contributed by atoms with Crippen LogP contribution in [0.4, 0.5) is 0 Å². The molecule has 0 bridgehead atoms. The van der Waals surface area contributed by atoms with E-state index in [0.717, 1.165) is 17.3 Å². The Morgan fingerprint density at radius 2 is 2.11 bits per heavy atom. The number of aromatic nitrogens is 1. The van der Waals surface area contributed by atoms with Crippen LogP contribution in [0.25, 0.3) is 10.9 Å². The first-order valence-corrected chi connectivity index (χ1v) is 5.93. The fourth-order valence-corrected chi connectivity index (χ4v) is 1.59. The molecule has 1 heterocycles. The third-order valence-corrected chi connectivity index (χ3v) is 2.41. The zero-order chi connectivity index (χ0) is 12.8. The van der Waals surface area contributed by atoms with Crippen molar-refractivity contribution in [3.8, 4) is 5.75 Å². The molecule has 1 aromatic heterocycles. The van der Waals surface area contributed by atoms with Crippen molar-refractivity contribution in [1.29, 1.82) is 0 Å². The van der Waals surface area contributed by atoms with E-state index in [-0.39, 0.29) is 12.6 Å². The summed E-state index contributed by atoms with van der Waals surface area (Å²) in [6, 6.07) is 9.43. The van der Waals surface area contributed by atoms with Gasteiger partial charge in [0.05, 0.1) is 6.61 Å². The second-order valence-corrected chi connectivity index (χ2v) is 3.84. The molecule has 1 aromatic carbocycles. The summed E-state index contributed by atoms with van der Waals surface area (Å²) in [6.45, 7) is 2.29. The molecule has 4 heteroatoms. The molecule has 0 saturated heterocycles. The third-order valence-electron chi connectivity index (χ3n) is 2.41. The van der Waals surface area contributed by atoms with Crippen LogP contribution in [-0.2, 0) is 9.53 Å². The molecule has 0 amide bonds. The first kappa shape index (κ1) is 12.4. The number of hydrogen-bond acceptors (Lipinski definition) is 4. The third kappa shape index (κ3) is 2.97. The minimum atomic E-state index is -0.357. The van der Waals surface area contributed by atoms with Gasteiger partial charge in [-0.2, -0.15) is 0 Å². The van der Waals surface area contributed by atoms with Gasteiger partial charge in [-0.25, -0.2) is 4.79 Å². The fourth-order valence-electron chi connectivity index (χ4n) is 1.59. The lowest BCUT2D eigenvalue weighted by molar-refractivity contribution is -0.145. The number of benzene rings is 1. The Labute approximate surface area is 106 Å². The van der Waals surface area contributed by atoms with Crippen LogP contribution in [-0.4, -0.2) is 24.2 Å². The Hall–Kier alpha value is -2.10. The maximum atomic E-state index is 11.3. The zero-order valence-electron chi connectivity index (χ0n) is 10.3. The molecule has 94 valence electrons. The molecule has 0 aliphatic rings. The summed E-state index contributed by atoms with van der Waals surface area (Å²) in [4.78, 5) is 15.6. The summed E-state index contributed by atoms with van der Waals surface area (Å²) < 4.78 is 10.4. The molecular formula is C14H15NO3. The lowest BCUT2D eigenvalue weighted by atomic mass is 10.2. The summed E-state index contributed by atoms with van der Waals surface area (Å²) in [7, 11) is 0. The van der Waals surface area contributed by atoms with Crippen molar-refractivity contribution >= 4 is 16.9 Å². The Balaban J connectivity index is 2.05. The number of rotatable bonds is 5. The molecule has 0 saturated carbocycles. The van der Waals surface area contributed by atoms with Crippen molar-refractivity contribution in [3.05, 3.63) is 36.5 Å². The number of carbonyl (C=O) groups excluding carboxylic acids is 1. The van der Waals surface area contributed by atoms with Crippen LogP contribution in [0, 0.1) is 0 Å². The van der Waals surface area contributed by atoms with Gasteiger partial charge >= 0.3 is 5.97 Å². The van der Waals surface area contributed by atoms with Gasteiger partial charge in [-0.15, -0.1) is 0 Å². The van der Waals surface area contributed by atoms with Crippen molar-refractivity contribution < 1.29 is 14.3 Å². The van der Waals surface area contributed by atoms with Crippen molar-refractivity contribution in [3.63, 3.8) is 0 Å². The average Bonchev–Trinajstić information content (AvgIpc) is 2.42. The second kappa shape index (κ2) is 6.00. The highest BCUT2D eigenvalue weighted by molar-refractivity contribution is 5.84. The molecule has 18 heavy (non-hydrogen) atoms. The highest BCUT2D eigenvalue weighted by Crippen LogP contribution is 2.22. The van der Waals surface area contributed by atoms with E-state index in [1.165, 1.54) is 0 Å². The van der Waals surface area contributed by atoms with E-state index in [1.807, 2.05) is 31.2 Å². The number of hydrogen-bond donors (Lipinski definition) is 0. The van der Waals surface area contributed by atoms with Gasteiger partial charge in [-0.3, -0.25) is 4.98 Å². The van der Waals surface area contributed by atoms with Crippen LogP contribution in [0.15, 0.2) is 36.5 Å².